The number of nitrogens with zero attached hydrogens (tertiary/aromatic N) is 3. The first-order valence-electron chi connectivity index (χ1n) is 8.91. The zero-order chi connectivity index (χ0) is 18.9. The molecule has 2 aliphatic rings. The molecule has 1 saturated carbocycles. The van der Waals surface area contributed by atoms with Gasteiger partial charge >= 0.3 is 6.03 Å². The second kappa shape index (κ2) is 7.26. The van der Waals surface area contributed by atoms with E-state index in [1.165, 1.54) is 4.90 Å². The smallest absolute Gasteiger partial charge is 0.332 e. The van der Waals surface area contributed by atoms with Gasteiger partial charge in [0.15, 0.2) is 0 Å². The van der Waals surface area contributed by atoms with Crippen LogP contribution in [0.2, 0.25) is 5.02 Å². The Hall–Kier alpha value is -2.10. The lowest BCUT2D eigenvalue weighted by atomic mass is 9.95. The number of amides is 3. The van der Waals surface area contributed by atoms with Crippen LogP contribution >= 0.6 is 11.6 Å². The van der Waals surface area contributed by atoms with Crippen LogP contribution in [0.4, 0.5) is 10.5 Å². The molecule has 1 heterocycles. The van der Waals surface area contributed by atoms with Crippen molar-refractivity contribution in [2.75, 3.05) is 24.7 Å². The van der Waals surface area contributed by atoms with E-state index in [4.69, 9.17) is 21.6 Å². The number of nitriles is 1. The molecule has 0 bridgehead atoms. The number of hydrogen-bond acceptors (Lipinski definition) is 4. The van der Waals surface area contributed by atoms with Crippen molar-refractivity contribution in [3.05, 3.63) is 28.3 Å². The molecule has 7 heteroatoms. The predicted molar refractivity (Wildman–Crippen MR) is 98.2 cm³/mol. The van der Waals surface area contributed by atoms with Gasteiger partial charge < -0.3 is 9.64 Å². The monoisotopic (exact) mass is 375 g/mol. The molecule has 1 spiro atoms. The highest BCUT2D eigenvalue weighted by atomic mass is 35.5. The van der Waals surface area contributed by atoms with Crippen LogP contribution in [0.1, 0.15) is 43.7 Å². The Labute approximate surface area is 158 Å². The Morgan fingerprint density at radius 3 is 2.62 bits per heavy atom. The molecule has 3 amide bonds. The van der Waals surface area contributed by atoms with Gasteiger partial charge in [0.05, 0.1) is 22.9 Å². The first kappa shape index (κ1) is 18.7. The number of imide groups is 1. The van der Waals surface area contributed by atoms with E-state index in [1.807, 2.05) is 13.0 Å². The topological polar surface area (TPSA) is 73.6 Å². The van der Waals surface area contributed by atoms with Gasteiger partial charge in [0.25, 0.3) is 5.91 Å². The molecule has 26 heavy (non-hydrogen) atoms. The van der Waals surface area contributed by atoms with Gasteiger partial charge in [-0.25, -0.2) is 9.69 Å². The lowest BCUT2D eigenvalue weighted by molar-refractivity contribution is -0.124. The first-order chi connectivity index (χ1) is 12.5. The molecule has 0 aromatic heterocycles. The van der Waals surface area contributed by atoms with Crippen molar-refractivity contribution < 1.29 is 14.3 Å². The van der Waals surface area contributed by atoms with Gasteiger partial charge in [0.2, 0.25) is 0 Å². The van der Waals surface area contributed by atoms with E-state index in [-0.39, 0.29) is 17.0 Å². The zero-order valence-corrected chi connectivity index (χ0v) is 15.8. The summed E-state index contributed by atoms with van der Waals surface area (Å²) >= 11 is 6.26. The van der Waals surface area contributed by atoms with E-state index in [0.29, 0.717) is 49.4 Å². The molecule has 1 aliphatic carbocycles. The fourth-order valence-electron chi connectivity index (χ4n) is 3.98. The minimum atomic E-state index is -0.777. The quantitative estimate of drug-likeness (QED) is 0.581. The van der Waals surface area contributed by atoms with Gasteiger partial charge in [-0.2, -0.15) is 5.26 Å². The van der Waals surface area contributed by atoms with Crippen molar-refractivity contribution in [3.63, 3.8) is 0 Å². The van der Waals surface area contributed by atoms with E-state index in [1.54, 1.807) is 24.0 Å². The van der Waals surface area contributed by atoms with Crippen LogP contribution in [0, 0.1) is 18.3 Å². The lowest BCUT2D eigenvalue weighted by Crippen LogP contribution is -2.48. The molecular weight excluding hydrogens is 354 g/mol. The number of carbonyl (C=O) groups excluding carboxylic acids is 2. The normalized spacial score (nSPS) is 18.8. The summed E-state index contributed by atoms with van der Waals surface area (Å²) in [6.45, 7) is 4.98. The van der Waals surface area contributed by atoms with Crippen molar-refractivity contribution >= 4 is 29.2 Å². The van der Waals surface area contributed by atoms with Crippen LogP contribution in [0.5, 0.6) is 0 Å². The summed E-state index contributed by atoms with van der Waals surface area (Å²) in [6, 6.07) is 4.87. The molecule has 1 aliphatic heterocycles. The van der Waals surface area contributed by atoms with Crippen molar-refractivity contribution in [3.8, 4) is 6.07 Å². The fraction of sp³-hybridized carbons (Fsp3) is 0.526. The molecule has 0 radical (unpaired) electrons. The first-order valence-corrected chi connectivity index (χ1v) is 9.29. The third-order valence-corrected chi connectivity index (χ3v) is 5.84. The third-order valence-electron chi connectivity index (χ3n) is 5.35. The maximum absolute atomic E-state index is 13.3. The van der Waals surface area contributed by atoms with Gasteiger partial charge in [-0.3, -0.25) is 4.79 Å². The lowest BCUT2D eigenvalue weighted by Gasteiger charge is -2.31. The third kappa shape index (κ3) is 2.76. The number of benzene rings is 1. The molecular formula is C19H22ClN3O3. The maximum Gasteiger partial charge on any atom is 0.332 e. The molecule has 6 nitrogen and oxygen atoms in total. The Bertz CT molecular complexity index is 781. The number of hydrogen-bond donors (Lipinski definition) is 0. The SMILES string of the molecule is CCOCCN1C(=O)N(c2ccc(C#N)c(Cl)c2C)C(=O)C12CCCC2. The molecule has 3 rings (SSSR count). The van der Waals surface area contributed by atoms with Crippen LogP contribution in [-0.4, -0.2) is 42.1 Å². The Morgan fingerprint density at radius 1 is 1.31 bits per heavy atom. The van der Waals surface area contributed by atoms with Crippen molar-refractivity contribution in [2.45, 2.75) is 45.1 Å². The maximum atomic E-state index is 13.3. The van der Waals surface area contributed by atoms with E-state index in [0.717, 1.165) is 12.8 Å². The van der Waals surface area contributed by atoms with Crippen LogP contribution in [-0.2, 0) is 9.53 Å². The number of ether oxygens (including phenoxy) is 1. The predicted octanol–water partition coefficient (Wildman–Crippen LogP) is 3.64. The molecule has 0 atom stereocenters. The zero-order valence-electron chi connectivity index (χ0n) is 15.0. The minimum Gasteiger partial charge on any atom is -0.380 e. The highest BCUT2D eigenvalue weighted by Crippen LogP contribution is 2.44. The van der Waals surface area contributed by atoms with Gasteiger partial charge in [-0.1, -0.05) is 24.4 Å². The highest BCUT2D eigenvalue weighted by molar-refractivity contribution is 6.33. The number of halogens is 1. The second-order valence-electron chi connectivity index (χ2n) is 6.69. The Balaban J connectivity index is 2.01. The highest BCUT2D eigenvalue weighted by Gasteiger charge is 2.58. The molecule has 138 valence electrons. The van der Waals surface area contributed by atoms with Gasteiger partial charge in [-0.15, -0.1) is 0 Å². The van der Waals surface area contributed by atoms with Gasteiger partial charge in [0, 0.05) is 13.2 Å². The molecule has 2 fully saturated rings. The molecule has 1 aromatic carbocycles. The molecule has 0 N–H and O–H groups in total. The molecule has 0 unspecified atom stereocenters. The van der Waals surface area contributed by atoms with E-state index >= 15 is 0 Å². The number of rotatable bonds is 5. The van der Waals surface area contributed by atoms with Gasteiger partial charge in [-0.05, 0) is 44.4 Å². The van der Waals surface area contributed by atoms with Crippen molar-refractivity contribution in [2.24, 2.45) is 0 Å². The summed E-state index contributed by atoms with van der Waals surface area (Å²) in [6.07, 6.45) is 3.18. The average Bonchev–Trinajstić information content (AvgIpc) is 3.19. The Kier molecular flexibility index (Phi) is 5.22. The summed E-state index contributed by atoms with van der Waals surface area (Å²) in [7, 11) is 0. The van der Waals surface area contributed by atoms with Crippen LogP contribution in [0.15, 0.2) is 12.1 Å². The van der Waals surface area contributed by atoms with Crippen LogP contribution < -0.4 is 4.90 Å². The summed E-state index contributed by atoms with van der Waals surface area (Å²) in [4.78, 5) is 29.4. The van der Waals surface area contributed by atoms with Crippen LogP contribution in [0.25, 0.3) is 0 Å². The summed E-state index contributed by atoms with van der Waals surface area (Å²) in [5.74, 6) is -0.194. The van der Waals surface area contributed by atoms with Gasteiger partial charge in [0.1, 0.15) is 11.6 Å². The molecule has 1 aromatic rings. The van der Waals surface area contributed by atoms with E-state index < -0.39 is 5.54 Å². The average molecular weight is 376 g/mol. The van der Waals surface area contributed by atoms with E-state index in [9.17, 15) is 9.59 Å². The Morgan fingerprint density at radius 2 is 2.00 bits per heavy atom. The van der Waals surface area contributed by atoms with Crippen molar-refractivity contribution in [1.29, 1.82) is 5.26 Å². The summed E-state index contributed by atoms with van der Waals surface area (Å²) < 4.78 is 5.41. The minimum absolute atomic E-state index is 0.194. The van der Waals surface area contributed by atoms with E-state index in [2.05, 4.69) is 0 Å². The summed E-state index contributed by atoms with van der Waals surface area (Å²) in [5, 5.41) is 9.41. The standard InChI is InChI=1S/C19H22ClN3O3/c1-3-26-11-10-22-18(25)23(17(24)19(22)8-4-5-9-19)15-7-6-14(12-21)16(20)13(15)2/h6-7H,3-5,8-11H2,1-2H3. The number of carbonyl (C=O) groups is 2. The molecule has 1 saturated heterocycles. The van der Waals surface area contributed by atoms with Crippen LogP contribution in [0.3, 0.4) is 0 Å². The second-order valence-corrected chi connectivity index (χ2v) is 7.07. The number of anilines is 1. The largest absolute Gasteiger partial charge is 0.380 e. The fourth-order valence-corrected chi connectivity index (χ4v) is 4.19. The number of urea groups is 1. The summed E-state index contributed by atoms with van der Waals surface area (Å²) in [5.41, 5.74) is 0.568. The van der Waals surface area contributed by atoms with Crippen molar-refractivity contribution in [1.82, 2.24) is 4.90 Å².